The van der Waals surface area contributed by atoms with Crippen LogP contribution in [0.15, 0.2) is 40.5 Å². The van der Waals surface area contributed by atoms with Gasteiger partial charge in [0.15, 0.2) is 5.43 Å². The summed E-state index contributed by atoms with van der Waals surface area (Å²) in [6, 6.07) is 9.86. The first-order chi connectivity index (χ1) is 8.84. The Morgan fingerprint density at radius 2 is 2.00 bits per heavy atom. The molecule has 0 saturated heterocycles. The van der Waals surface area contributed by atoms with Crippen molar-refractivity contribution in [2.75, 3.05) is 0 Å². The third-order valence-electron chi connectivity index (χ3n) is 3.62. The number of aromatic nitrogens is 1. The summed E-state index contributed by atoms with van der Waals surface area (Å²) in [7, 11) is 0. The molecule has 0 saturated carbocycles. The second-order valence-corrected chi connectivity index (χ2v) is 5.61. The van der Waals surface area contributed by atoms with Crippen molar-refractivity contribution >= 4 is 22.2 Å². The summed E-state index contributed by atoms with van der Waals surface area (Å²) in [4.78, 5) is 17.3. The first kappa shape index (κ1) is 10.1. The molecular weight excluding hydrogens is 242 g/mol. The van der Waals surface area contributed by atoms with Crippen LogP contribution < -0.4 is 5.43 Å². The zero-order valence-electron chi connectivity index (χ0n) is 9.69. The van der Waals surface area contributed by atoms with E-state index in [1.165, 1.54) is 10.4 Å². The smallest absolute Gasteiger partial charge is 0.193 e. The second kappa shape index (κ2) is 3.56. The number of para-hydroxylation sites is 1. The Morgan fingerprint density at radius 1 is 1.11 bits per heavy atom. The Morgan fingerprint density at radius 3 is 2.94 bits per heavy atom. The molecular formula is C15H11NOS. The van der Waals surface area contributed by atoms with Gasteiger partial charge in [-0.1, -0.05) is 12.1 Å². The van der Waals surface area contributed by atoms with Gasteiger partial charge in [0.1, 0.15) is 0 Å². The van der Waals surface area contributed by atoms with Crippen molar-refractivity contribution < 1.29 is 0 Å². The fourth-order valence-electron chi connectivity index (χ4n) is 2.74. The molecule has 2 nitrogen and oxygen atoms in total. The van der Waals surface area contributed by atoms with Crippen molar-refractivity contribution in [1.29, 1.82) is 0 Å². The average molecular weight is 253 g/mol. The highest BCUT2D eigenvalue weighted by atomic mass is 32.1. The molecule has 4 rings (SSSR count). The van der Waals surface area contributed by atoms with Crippen LogP contribution in [0.1, 0.15) is 10.4 Å². The normalized spacial score (nSPS) is 13.3. The molecule has 0 amide bonds. The van der Waals surface area contributed by atoms with Crippen LogP contribution in [0, 0.1) is 0 Å². The summed E-state index contributed by atoms with van der Waals surface area (Å²) in [6.07, 6.45) is 1.84. The van der Waals surface area contributed by atoms with E-state index in [1.807, 2.05) is 24.3 Å². The fourth-order valence-corrected chi connectivity index (χ4v) is 3.63. The fraction of sp³-hybridized carbons (Fsp3) is 0.133. The van der Waals surface area contributed by atoms with E-state index >= 15 is 0 Å². The number of benzene rings is 1. The summed E-state index contributed by atoms with van der Waals surface area (Å²) < 4.78 is 0. The number of nitrogens with one attached hydrogen (secondary N) is 1. The number of aryl methyl sites for hydroxylation is 1. The van der Waals surface area contributed by atoms with Gasteiger partial charge in [-0.3, -0.25) is 4.79 Å². The third kappa shape index (κ3) is 1.25. The van der Waals surface area contributed by atoms with Gasteiger partial charge in [-0.15, -0.1) is 11.3 Å². The lowest BCUT2D eigenvalue weighted by Gasteiger charge is -2.16. The Hall–Kier alpha value is -1.87. The number of thiophene rings is 1. The molecule has 3 heteroatoms. The van der Waals surface area contributed by atoms with E-state index in [0.717, 1.165) is 35.0 Å². The predicted octanol–water partition coefficient (Wildman–Crippen LogP) is 3.36. The Balaban J connectivity index is 2.17. The molecule has 3 aromatic rings. The first-order valence-corrected chi connectivity index (χ1v) is 6.93. The van der Waals surface area contributed by atoms with Crippen molar-refractivity contribution in [2.24, 2.45) is 0 Å². The minimum Gasteiger partial charge on any atom is -0.354 e. The molecule has 1 aliphatic carbocycles. The lowest BCUT2D eigenvalue weighted by molar-refractivity contribution is 0.944. The lowest BCUT2D eigenvalue weighted by Crippen LogP contribution is -2.16. The summed E-state index contributed by atoms with van der Waals surface area (Å²) in [5.74, 6) is 0. The van der Waals surface area contributed by atoms with E-state index in [1.54, 1.807) is 11.3 Å². The van der Waals surface area contributed by atoms with Crippen LogP contribution in [-0.2, 0) is 12.8 Å². The topological polar surface area (TPSA) is 32.9 Å². The van der Waals surface area contributed by atoms with Gasteiger partial charge in [-0.2, -0.15) is 0 Å². The average Bonchev–Trinajstić information content (AvgIpc) is 2.88. The van der Waals surface area contributed by atoms with Crippen molar-refractivity contribution in [3.8, 4) is 11.3 Å². The van der Waals surface area contributed by atoms with Crippen LogP contribution in [0.4, 0.5) is 0 Å². The number of aromatic amines is 1. The van der Waals surface area contributed by atoms with Crippen molar-refractivity contribution in [3.63, 3.8) is 0 Å². The zero-order chi connectivity index (χ0) is 12.1. The molecule has 0 unspecified atom stereocenters. The lowest BCUT2D eigenvalue weighted by atomic mass is 9.93. The number of H-pyrrole nitrogens is 1. The molecule has 0 spiro atoms. The molecule has 2 heterocycles. The standard InChI is InChI=1S/C15H11NOS/c17-15-9-3-1-2-4-12(9)16-14-10-7-8-18-13(10)6-5-11(14)15/h1-4,7-8H,5-6H2,(H,16,17). The molecule has 2 aromatic heterocycles. The van der Waals surface area contributed by atoms with Gasteiger partial charge in [-0.05, 0) is 36.4 Å². The number of hydrogen-bond acceptors (Lipinski definition) is 2. The molecule has 88 valence electrons. The van der Waals surface area contributed by atoms with Gasteiger partial charge in [0.2, 0.25) is 0 Å². The van der Waals surface area contributed by atoms with E-state index in [-0.39, 0.29) is 5.43 Å². The van der Waals surface area contributed by atoms with Crippen molar-refractivity contribution in [2.45, 2.75) is 12.8 Å². The number of pyridine rings is 1. The van der Waals surface area contributed by atoms with Crippen LogP contribution >= 0.6 is 11.3 Å². The van der Waals surface area contributed by atoms with Crippen molar-refractivity contribution in [3.05, 3.63) is 56.4 Å². The summed E-state index contributed by atoms with van der Waals surface area (Å²) in [6.45, 7) is 0. The molecule has 0 fully saturated rings. The largest absolute Gasteiger partial charge is 0.354 e. The summed E-state index contributed by atoms with van der Waals surface area (Å²) >= 11 is 1.78. The number of rotatable bonds is 0. The molecule has 1 aromatic carbocycles. The van der Waals surface area contributed by atoms with Gasteiger partial charge < -0.3 is 4.98 Å². The maximum Gasteiger partial charge on any atom is 0.193 e. The van der Waals surface area contributed by atoms with Gasteiger partial charge in [0.25, 0.3) is 0 Å². The van der Waals surface area contributed by atoms with E-state index in [2.05, 4.69) is 16.4 Å². The minimum absolute atomic E-state index is 0.191. The number of hydrogen-bond donors (Lipinski definition) is 1. The van der Waals surface area contributed by atoms with Crippen LogP contribution in [-0.4, -0.2) is 4.98 Å². The highest BCUT2D eigenvalue weighted by Crippen LogP contribution is 2.34. The van der Waals surface area contributed by atoms with Gasteiger partial charge in [-0.25, -0.2) is 0 Å². The minimum atomic E-state index is 0.191. The van der Waals surface area contributed by atoms with Gasteiger partial charge >= 0.3 is 0 Å². The highest BCUT2D eigenvalue weighted by molar-refractivity contribution is 7.10. The molecule has 1 N–H and O–H groups in total. The van der Waals surface area contributed by atoms with Gasteiger partial charge in [0, 0.05) is 26.9 Å². The van der Waals surface area contributed by atoms with E-state index in [9.17, 15) is 4.79 Å². The van der Waals surface area contributed by atoms with E-state index < -0.39 is 0 Å². The maximum atomic E-state index is 12.5. The summed E-state index contributed by atoms with van der Waals surface area (Å²) in [5, 5.41) is 2.91. The molecule has 0 radical (unpaired) electrons. The predicted molar refractivity (Wildman–Crippen MR) is 75.3 cm³/mol. The van der Waals surface area contributed by atoms with Crippen LogP contribution in [0.3, 0.4) is 0 Å². The quantitative estimate of drug-likeness (QED) is 0.654. The molecule has 0 aliphatic heterocycles. The Kier molecular flexibility index (Phi) is 2.00. The molecule has 18 heavy (non-hydrogen) atoms. The third-order valence-corrected chi connectivity index (χ3v) is 4.60. The molecule has 0 bridgehead atoms. The molecule has 1 aliphatic rings. The van der Waals surface area contributed by atoms with Crippen molar-refractivity contribution in [1.82, 2.24) is 4.98 Å². The van der Waals surface area contributed by atoms with E-state index in [4.69, 9.17) is 0 Å². The van der Waals surface area contributed by atoms with Gasteiger partial charge in [0.05, 0.1) is 5.69 Å². The van der Waals surface area contributed by atoms with Crippen LogP contribution in [0.5, 0.6) is 0 Å². The molecule has 0 atom stereocenters. The monoisotopic (exact) mass is 253 g/mol. The van der Waals surface area contributed by atoms with Crippen LogP contribution in [0.25, 0.3) is 22.2 Å². The van der Waals surface area contributed by atoms with Crippen LogP contribution in [0.2, 0.25) is 0 Å². The van der Waals surface area contributed by atoms with E-state index in [0.29, 0.717) is 0 Å². The summed E-state index contributed by atoms with van der Waals surface area (Å²) in [5.41, 5.74) is 4.31. The Labute approximate surface area is 108 Å². The first-order valence-electron chi connectivity index (χ1n) is 6.05. The number of fused-ring (bicyclic) bond motifs is 4. The maximum absolute atomic E-state index is 12.5. The highest BCUT2D eigenvalue weighted by Gasteiger charge is 2.21. The zero-order valence-corrected chi connectivity index (χ0v) is 10.5. The SMILES string of the molecule is O=c1c2c([nH]c3ccccc13)-c1ccsc1CC2. The second-order valence-electron chi connectivity index (χ2n) is 4.61. The Bertz CT molecular complexity index is 813.